The first-order valence-electron chi connectivity index (χ1n) is 6.20. The first-order chi connectivity index (χ1) is 9.06. The molecule has 0 atom stereocenters. The maximum atomic E-state index is 12.0. The fourth-order valence-corrected chi connectivity index (χ4v) is 2.11. The van der Waals surface area contributed by atoms with Gasteiger partial charge in [-0.3, -0.25) is 4.79 Å². The van der Waals surface area contributed by atoms with E-state index in [2.05, 4.69) is 16.8 Å². The van der Waals surface area contributed by atoms with E-state index in [1.807, 2.05) is 0 Å². The lowest BCUT2D eigenvalue weighted by Gasteiger charge is -2.31. The zero-order chi connectivity index (χ0) is 13.8. The molecule has 1 aromatic rings. The highest BCUT2D eigenvalue weighted by atomic mass is 35.5. The number of halogens is 1. The molecule has 1 aliphatic rings. The quantitative estimate of drug-likeness (QED) is 0.679. The SMILES string of the molecule is CN1CCN(/C=C/C(=O)c2cc(Cl)ccc2O)CC1. The van der Waals surface area contributed by atoms with Gasteiger partial charge in [0.2, 0.25) is 0 Å². The summed E-state index contributed by atoms with van der Waals surface area (Å²) >= 11 is 5.82. The lowest BCUT2D eigenvalue weighted by molar-refractivity contribution is 0.104. The third kappa shape index (κ3) is 3.72. The Labute approximate surface area is 117 Å². The number of carbonyl (C=O) groups excluding carboxylic acids is 1. The fraction of sp³-hybridized carbons (Fsp3) is 0.357. The van der Waals surface area contributed by atoms with Gasteiger partial charge in [0.1, 0.15) is 5.75 Å². The molecule has 1 saturated heterocycles. The van der Waals surface area contributed by atoms with Gasteiger partial charge in [-0.1, -0.05) is 11.6 Å². The molecule has 102 valence electrons. The number of aromatic hydroxyl groups is 1. The predicted molar refractivity (Wildman–Crippen MR) is 75.7 cm³/mol. The van der Waals surface area contributed by atoms with Crippen molar-refractivity contribution >= 4 is 17.4 Å². The smallest absolute Gasteiger partial charge is 0.191 e. The first-order valence-corrected chi connectivity index (χ1v) is 6.58. The summed E-state index contributed by atoms with van der Waals surface area (Å²) in [5.74, 6) is -0.281. The zero-order valence-electron chi connectivity index (χ0n) is 10.8. The van der Waals surface area contributed by atoms with Crippen LogP contribution < -0.4 is 0 Å². The molecule has 0 aliphatic carbocycles. The minimum absolute atomic E-state index is 0.0440. The normalized spacial score (nSPS) is 17.1. The minimum atomic E-state index is -0.237. The Morgan fingerprint density at radius 1 is 1.32 bits per heavy atom. The van der Waals surface area contributed by atoms with E-state index in [1.165, 1.54) is 18.2 Å². The molecule has 5 heteroatoms. The number of phenolic OH excluding ortho intramolecular Hbond substituents is 1. The second-order valence-corrected chi connectivity index (χ2v) is 5.12. The molecule has 0 radical (unpaired) electrons. The molecule has 19 heavy (non-hydrogen) atoms. The largest absolute Gasteiger partial charge is 0.507 e. The van der Waals surface area contributed by atoms with Crippen molar-refractivity contribution in [1.29, 1.82) is 0 Å². The molecule has 0 aromatic heterocycles. The van der Waals surface area contributed by atoms with E-state index < -0.39 is 0 Å². The van der Waals surface area contributed by atoms with Crippen molar-refractivity contribution in [2.75, 3.05) is 33.2 Å². The molecule has 0 unspecified atom stereocenters. The number of piperazine rings is 1. The van der Waals surface area contributed by atoms with E-state index in [1.54, 1.807) is 12.3 Å². The molecular weight excluding hydrogens is 264 g/mol. The van der Waals surface area contributed by atoms with Gasteiger partial charge < -0.3 is 14.9 Å². The monoisotopic (exact) mass is 280 g/mol. The van der Waals surface area contributed by atoms with Crippen molar-refractivity contribution in [3.8, 4) is 5.75 Å². The highest BCUT2D eigenvalue weighted by molar-refractivity contribution is 6.31. The summed E-state index contributed by atoms with van der Waals surface area (Å²) in [5, 5.41) is 10.1. The second-order valence-electron chi connectivity index (χ2n) is 4.68. The molecule has 0 amide bonds. The summed E-state index contributed by atoms with van der Waals surface area (Å²) in [6, 6.07) is 4.46. The van der Waals surface area contributed by atoms with E-state index in [4.69, 9.17) is 11.6 Å². The van der Waals surface area contributed by atoms with E-state index in [0.717, 1.165) is 26.2 Å². The van der Waals surface area contributed by atoms with Crippen molar-refractivity contribution in [3.63, 3.8) is 0 Å². The maximum Gasteiger partial charge on any atom is 0.191 e. The third-order valence-electron chi connectivity index (χ3n) is 3.20. The van der Waals surface area contributed by atoms with Crippen molar-refractivity contribution in [3.05, 3.63) is 41.1 Å². The molecule has 0 spiro atoms. The van der Waals surface area contributed by atoms with Crippen LogP contribution >= 0.6 is 11.6 Å². The molecule has 0 bridgehead atoms. The van der Waals surface area contributed by atoms with Crippen LogP contribution in [0.5, 0.6) is 5.75 Å². The molecule has 1 N–H and O–H groups in total. The van der Waals surface area contributed by atoms with Crippen LogP contribution in [0.25, 0.3) is 0 Å². The number of likely N-dealkylation sites (N-methyl/N-ethyl adjacent to an activating group) is 1. The van der Waals surface area contributed by atoms with Crippen LogP contribution in [-0.4, -0.2) is 53.9 Å². The highest BCUT2D eigenvalue weighted by Gasteiger charge is 2.12. The van der Waals surface area contributed by atoms with Gasteiger partial charge in [-0.05, 0) is 25.2 Å². The average molecular weight is 281 g/mol. The van der Waals surface area contributed by atoms with Gasteiger partial charge in [-0.25, -0.2) is 0 Å². The van der Waals surface area contributed by atoms with Gasteiger partial charge >= 0.3 is 0 Å². The van der Waals surface area contributed by atoms with Crippen LogP contribution in [0.2, 0.25) is 5.02 Å². The van der Waals surface area contributed by atoms with Gasteiger partial charge in [0.05, 0.1) is 5.56 Å². The van der Waals surface area contributed by atoms with Gasteiger partial charge in [0.25, 0.3) is 0 Å². The Morgan fingerprint density at radius 3 is 2.68 bits per heavy atom. The summed E-state index contributed by atoms with van der Waals surface area (Å²) in [6.07, 6.45) is 3.27. The lowest BCUT2D eigenvalue weighted by atomic mass is 10.1. The predicted octanol–water partition coefficient (Wildman–Crippen LogP) is 1.99. The fourth-order valence-electron chi connectivity index (χ4n) is 1.94. The van der Waals surface area contributed by atoms with Crippen LogP contribution in [-0.2, 0) is 0 Å². The summed E-state index contributed by atoms with van der Waals surface area (Å²) in [4.78, 5) is 16.3. The molecular formula is C14H17ClN2O2. The number of carbonyl (C=O) groups is 1. The Bertz CT molecular complexity index is 494. The van der Waals surface area contributed by atoms with E-state index in [9.17, 15) is 9.90 Å². The Kier molecular flexibility index (Phi) is 4.45. The van der Waals surface area contributed by atoms with Gasteiger partial charge in [0, 0.05) is 43.5 Å². The minimum Gasteiger partial charge on any atom is -0.507 e. The lowest BCUT2D eigenvalue weighted by Crippen LogP contribution is -2.41. The molecule has 2 rings (SSSR count). The Morgan fingerprint density at radius 2 is 2.00 bits per heavy atom. The molecule has 4 nitrogen and oxygen atoms in total. The number of rotatable bonds is 3. The molecule has 1 aromatic carbocycles. The van der Waals surface area contributed by atoms with E-state index >= 15 is 0 Å². The number of nitrogens with zero attached hydrogens (tertiary/aromatic N) is 2. The van der Waals surface area contributed by atoms with Crippen LogP contribution in [0.15, 0.2) is 30.5 Å². The highest BCUT2D eigenvalue weighted by Crippen LogP contribution is 2.22. The summed E-state index contributed by atoms with van der Waals surface area (Å²) in [6.45, 7) is 3.78. The summed E-state index contributed by atoms with van der Waals surface area (Å²) in [5.41, 5.74) is 0.234. The molecule has 1 heterocycles. The molecule has 1 aliphatic heterocycles. The standard InChI is InChI=1S/C14H17ClN2O2/c1-16-6-8-17(9-7-16)5-4-14(19)12-10-11(15)2-3-13(12)18/h2-5,10,18H,6-9H2,1H3/b5-4+. The number of ketones is 1. The topological polar surface area (TPSA) is 43.8 Å². The molecule has 0 saturated carbocycles. The summed E-state index contributed by atoms with van der Waals surface area (Å²) < 4.78 is 0. The van der Waals surface area contributed by atoms with Crippen molar-refractivity contribution in [2.24, 2.45) is 0 Å². The van der Waals surface area contributed by atoms with E-state index in [-0.39, 0.29) is 17.1 Å². The van der Waals surface area contributed by atoms with Crippen LogP contribution in [0.4, 0.5) is 0 Å². The van der Waals surface area contributed by atoms with Crippen LogP contribution in [0.1, 0.15) is 10.4 Å². The maximum absolute atomic E-state index is 12.0. The zero-order valence-corrected chi connectivity index (χ0v) is 11.6. The van der Waals surface area contributed by atoms with Gasteiger partial charge in [-0.2, -0.15) is 0 Å². The van der Waals surface area contributed by atoms with Crippen molar-refractivity contribution in [2.45, 2.75) is 0 Å². The average Bonchev–Trinajstić information content (AvgIpc) is 2.40. The van der Waals surface area contributed by atoms with Crippen molar-refractivity contribution < 1.29 is 9.90 Å². The van der Waals surface area contributed by atoms with Crippen molar-refractivity contribution in [1.82, 2.24) is 9.80 Å². The van der Waals surface area contributed by atoms with E-state index in [0.29, 0.717) is 5.02 Å². The number of hydrogen-bond donors (Lipinski definition) is 1. The van der Waals surface area contributed by atoms with Crippen LogP contribution in [0, 0.1) is 0 Å². The second kappa shape index (κ2) is 6.08. The first kappa shape index (κ1) is 13.9. The summed E-state index contributed by atoms with van der Waals surface area (Å²) in [7, 11) is 2.08. The molecule has 1 fully saturated rings. The Balaban J connectivity index is 2.02. The number of allylic oxidation sites excluding steroid dienone is 1. The van der Waals surface area contributed by atoms with Crippen LogP contribution in [0.3, 0.4) is 0 Å². The number of benzene rings is 1. The number of phenols is 1. The van der Waals surface area contributed by atoms with Gasteiger partial charge in [-0.15, -0.1) is 0 Å². The Hall–Kier alpha value is -1.52. The van der Waals surface area contributed by atoms with Gasteiger partial charge in [0.15, 0.2) is 5.78 Å². The third-order valence-corrected chi connectivity index (χ3v) is 3.43. The number of hydrogen-bond acceptors (Lipinski definition) is 4.